The molecule has 1 atom stereocenters. The molecular formula is C16H15ClF3NO3. The van der Waals surface area contributed by atoms with Crippen molar-refractivity contribution < 1.29 is 27.5 Å². The number of carbonyl (C=O) groups excluding carboxylic acids is 2. The molecule has 24 heavy (non-hydrogen) atoms. The minimum absolute atomic E-state index is 0.118. The first kappa shape index (κ1) is 19.8. The lowest BCUT2D eigenvalue weighted by atomic mass is 10.1. The molecule has 0 aromatic heterocycles. The fourth-order valence-corrected chi connectivity index (χ4v) is 1.84. The summed E-state index contributed by atoms with van der Waals surface area (Å²) in [6.45, 7) is 5.02. The van der Waals surface area contributed by atoms with Crippen LogP contribution in [-0.2, 0) is 20.5 Å². The quantitative estimate of drug-likeness (QED) is 0.478. The predicted molar refractivity (Wildman–Crippen MR) is 84.2 cm³/mol. The number of rotatable bonds is 6. The normalized spacial score (nSPS) is 12.7. The fourth-order valence-electron chi connectivity index (χ4n) is 1.61. The summed E-state index contributed by atoms with van der Waals surface area (Å²) in [7, 11) is 0. The van der Waals surface area contributed by atoms with Gasteiger partial charge in [-0.15, -0.1) is 6.58 Å². The summed E-state index contributed by atoms with van der Waals surface area (Å²) in [6.07, 6.45) is -2.11. The molecule has 0 spiro atoms. The van der Waals surface area contributed by atoms with Crippen LogP contribution in [0.5, 0.6) is 0 Å². The van der Waals surface area contributed by atoms with Crippen molar-refractivity contribution in [3.8, 4) is 0 Å². The molecule has 130 valence electrons. The molecule has 0 aliphatic carbocycles. The summed E-state index contributed by atoms with van der Waals surface area (Å²) in [5.41, 5.74) is -0.885. The van der Waals surface area contributed by atoms with E-state index in [1.807, 2.05) is 0 Å². The summed E-state index contributed by atoms with van der Waals surface area (Å²) in [4.78, 5) is 23.1. The van der Waals surface area contributed by atoms with Crippen molar-refractivity contribution in [2.45, 2.75) is 19.2 Å². The Labute approximate surface area is 141 Å². The average Bonchev–Trinajstić information content (AvgIpc) is 2.50. The number of benzene rings is 1. The van der Waals surface area contributed by atoms with E-state index in [1.165, 1.54) is 19.1 Å². The number of ether oxygens (including phenoxy) is 1. The molecule has 0 heterocycles. The van der Waals surface area contributed by atoms with E-state index in [0.717, 1.165) is 24.3 Å². The molecule has 0 unspecified atom stereocenters. The van der Waals surface area contributed by atoms with E-state index < -0.39 is 34.7 Å². The number of esters is 1. The molecule has 0 saturated heterocycles. The Balaban J connectivity index is 2.74. The highest BCUT2D eigenvalue weighted by Gasteiger charge is 2.33. The second-order valence-electron chi connectivity index (χ2n) is 4.68. The highest BCUT2D eigenvalue weighted by molar-refractivity contribution is 6.31. The van der Waals surface area contributed by atoms with Crippen LogP contribution in [0, 0.1) is 0 Å². The molecule has 1 N–H and O–H groups in total. The van der Waals surface area contributed by atoms with E-state index in [1.54, 1.807) is 0 Å². The molecule has 4 nitrogen and oxygen atoms in total. The molecule has 0 saturated carbocycles. The van der Waals surface area contributed by atoms with Gasteiger partial charge in [0, 0.05) is 12.6 Å². The maximum absolute atomic E-state index is 12.7. The van der Waals surface area contributed by atoms with Crippen LogP contribution in [0.15, 0.2) is 36.9 Å². The molecule has 8 heteroatoms. The Kier molecular flexibility index (Phi) is 7.03. The van der Waals surface area contributed by atoms with Gasteiger partial charge in [0.1, 0.15) is 0 Å². The number of carbonyl (C=O) groups is 2. The van der Waals surface area contributed by atoms with Gasteiger partial charge in [0.05, 0.1) is 10.6 Å². The molecular weight excluding hydrogens is 347 g/mol. The molecule has 0 aliphatic heterocycles. The molecule has 1 aromatic rings. The number of hydrogen-bond donors (Lipinski definition) is 1. The summed E-state index contributed by atoms with van der Waals surface area (Å²) < 4.78 is 43.0. The van der Waals surface area contributed by atoms with Crippen LogP contribution < -0.4 is 5.32 Å². The molecule has 1 amide bonds. The van der Waals surface area contributed by atoms with E-state index in [9.17, 15) is 22.8 Å². The SMILES string of the molecule is C=CCNC(=O)[C@H](C)OC(=O)/C=C/c1ccc(Cl)c(C(F)(F)F)c1. The minimum Gasteiger partial charge on any atom is -0.449 e. The second-order valence-corrected chi connectivity index (χ2v) is 5.09. The van der Waals surface area contributed by atoms with E-state index in [4.69, 9.17) is 16.3 Å². The van der Waals surface area contributed by atoms with Crippen molar-refractivity contribution in [3.63, 3.8) is 0 Å². The summed E-state index contributed by atoms with van der Waals surface area (Å²) >= 11 is 5.50. The van der Waals surface area contributed by atoms with Crippen LogP contribution in [0.25, 0.3) is 6.08 Å². The lowest BCUT2D eigenvalue weighted by Gasteiger charge is -2.11. The van der Waals surface area contributed by atoms with E-state index in [2.05, 4.69) is 11.9 Å². The van der Waals surface area contributed by atoms with Crippen molar-refractivity contribution in [2.75, 3.05) is 6.54 Å². The fraction of sp³-hybridized carbons (Fsp3) is 0.250. The molecule has 0 bridgehead atoms. The van der Waals surface area contributed by atoms with Crippen LogP contribution in [0.1, 0.15) is 18.1 Å². The third-order valence-corrected chi connectivity index (χ3v) is 3.12. The standard InChI is InChI=1S/C16H15ClF3NO3/c1-3-8-21-15(23)10(2)24-14(22)7-5-11-4-6-13(17)12(9-11)16(18,19)20/h3-7,9-10H,1,8H2,2H3,(H,21,23)/b7-5+/t10-/m0/s1. The lowest BCUT2D eigenvalue weighted by Crippen LogP contribution is -2.35. The van der Waals surface area contributed by atoms with E-state index >= 15 is 0 Å². The number of hydrogen-bond acceptors (Lipinski definition) is 3. The van der Waals surface area contributed by atoms with Crippen LogP contribution in [0.4, 0.5) is 13.2 Å². The number of halogens is 4. The minimum atomic E-state index is -4.60. The first-order valence-electron chi connectivity index (χ1n) is 6.79. The zero-order valence-corrected chi connectivity index (χ0v) is 13.4. The molecule has 0 radical (unpaired) electrons. The molecule has 1 rings (SSSR count). The number of amides is 1. The molecule has 0 fully saturated rings. The third kappa shape index (κ3) is 6.08. The van der Waals surface area contributed by atoms with Gasteiger partial charge < -0.3 is 10.1 Å². The van der Waals surface area contributed by atoms with Gasteiger partial charge in [-0.2, -0.15) is 13.2 Å². The van der Waals surface area contributed by atoms with Gasteiger partial charge >= 0.3 is 12.1 Å². The Morgan fingerprint density at radius 3 is 2.67 bits per heavy atom. The predicted octanol–water partition coefficient (Wildman–Crippen LogP) is 3.61. The van der Waals surface area contributed by atoms with Crippen LogP contribution >= 0.6 is 11.6 Å². The Morgan fingerprint density at radius 2 is 2.08 bits per heavy atom. The van der Waals surface area contributed by atoms with Crippen molar-refractivity contribution in [2.24, 2.45) is 0 Å². The number of alkyl halides is 3. The smallest absolute Gasteiger partial charge is 0.417 e. The maximum atomic E-state index is 12.7. The van der Waals surface area contributed by atoms with Gasteiger partial charge in [-0.1, -0.05) is 23.7 Å². The first-order chi connectivity index (χ1) is 11.1. The highest BCUT2D eigenvalue weighted by atomic mass is 35.5. The summed E-state index contributed by atoms with van der Waals surface area (Å²) in [5, 5.41) is 2.01. The Bertz CT molecular complexity index is 656. The zero-order valence-electron chi connectivity index (χ0n) is 12.7. The van der Waals surface area contributed by atoms with Crippen LogP contribution in [-0.4, -0.2) is 24.5 Å². The van der Waals surface area contributed by atoms with Crippen LogP contribution in [0.2, 0.25) is 5.02 Å². The molecule has 0 aliphatic rings. The molecule has 1 aromatic carbocycles. The van der Waals surface area contributed by atoms with Crippen molar-refractivity contribution in [3.05, 3.63) is 53.1 Å². The maximum Gasteiger partial charge on any atom is 0.417 e. The highest BCUT2D eigenvalue weighted by Crippen LogP contribution is 2.35. The van der Waals surface area contributed by atoms with Gasteiger partial charge in [-0.25, -0.2) is 4.79 Å². The van der Waals surface area contributed by atoms with Gasteiger partial charge in [0.25, 0.3) is 5.91 Å². The van der Waals surface area contributed by atoms with Crippen molar-refractivity contribution >= 4 is 29.6 Å². The van der Waals surface area contributed by atoms with Gasteiger partial charge in [0.15, 0.2) is 6.10 Å². The van der Waals surface area contributed by atoms with E-state index in [-0.39, 0.29) is 12.1 Å². The second kappa shape index (κ2) is 8.54. The van der Waals surface area contributed by atoms with E-state index in [0.29, 0.717) is 0 Å². The Morgan fingerprint density at radius 1 is 1.42 bits per heavy atom. The van der Waals surface area contributed by atoms with Crippen molar-refractivity contribution in [1.29, 1.82) is 0 Å². The van der Waals surface area contributed by atoms with Gasteiger partial charge in [-0.3, -0.25) is 4.79 Å². The summed E-state index contributed by atoms with van der Waals surface area (Å²) in [5.74, 6) is -1.37. The zero-order chi connectivity index (χ0) is 18.3. The lowest BCUT2D eigenvalue weighted by molar-refractivity contribution is -0.150. The third-order valence-electron chi connectivity index (χ3n) is 2.79. The summed E-state index contributed by atoms with van der Waals surface area (Å²) in [6, 6.07) is 3.22. The first-order valence-corrected chi connectivity index (χ1v) is 7.17. The topological polar surface area (TPSA) is 55.4 Å². The average molecular weight is 362 g/mol. The Hall–Kier alpha value is -2.28. The van der Waals surface area contributed by atoms with Gasteiger partial charge in [0.2, 0.25) is 0 Å². The van der Waals surface area contributed by atoms with Gasteiger partial charge in [-0.05, 0) is 30.7 Å². The monoisotopic (exact) mass is 361 g/mol. The van der Waals surface area contributed by atoms with Crippen LogP contribution in [0.3, 0.4) is 0 Å². The van der Waals surface area contributed by atoms with Crippen molar-refractivity contribution in [1.82, 2.24) is 5.32 Å². The number of nitrogens with one attached hydrogen (secondary N) is 1. The largest absolute Gasteiger partial charge is 0.449 e.